The first-order valence-electron chi connectivity index (χ1n) is 5.21. The van der Waals surface area contributed by atoms with Crippen LogP contribution < -0.4 is 4.87 Å². The number of fused-ring (bicyclic) bond motifs is 1. The first-order chi connectivity index (χ1) is 9.06. The van der Waals surface area contributed by atoms with Gasteiger partial charge in [0.15, 0.2) is 0 Å². The largest absolute Gasteiger partial charge is 0.477 e. The molecular weight excluding hydrogens is 289 g/mol. The van der Waals surface area contributed by atoms with Crippen molar-refractivity contribution in [2.24, 2.45) is 0 Å². The SMILES string of the molecule is O=C(O)c1cc2sc(=O)n(-c3cccc(F)c3)c2s1. The van der Waals surface area contributed by atoms with Crippen molar-refractivity contribution < 1.29 is 14.3 Å². The summed E-state index contributed by atoms with van der Waals surface area (Å²) in [5.41, 5.74) is 0.398. The number of thiazole rings is 1. The number of hydrogen-bond donors (Lipinski definition) is 1. The van der Waals surface area contributed by atoms with Crippen LogP contribution in [0.25, 0.3) is 15.2 Å². The number of carbonyl (C=O) groups is 1. The summed E-state index contributed by atoms with van der Waals surface area (Å²) in [7, 11) is 0. The highest BCUT2D eigenvalue weighted by Crippen LogP contribution is 2.29. The lowest BCUT2D eigenvalue weighted by atomic mass is 10.3. The number of aromatic nitrogens is 1. The van der Waals surface area contributed by atoms with Crippen LogP contribution in [0.3, 0.4) is 0 Å². The fourth-order valence-electron chi connectivity index (χ4n) is 1.76. The molecule has 0 atom stereocenters. The van der Waals surface area contributed by atoms with Crippen molar-refractivity contribution in [2.45, 2.75) is 0 Å². The zero-order valence-corrected chi connectivity index (χ0v) is 10.9. The van der Waals surface area contributed by atoms with Gasteiger partial charge in [-0.15, -0.1) is 11.3 Å². The van der Waals surface area contributed by atoms with E-state index in [0.29, 0.717) is 15.2 Å². The number of aromatic carboxylic acids is 1. The van der Waals surface area contributed by atoms with Gasteiger partial charge in [0.1, 0.15) is 15.5 Å². The molecule has 0 bridgehead atoms. The molecule has 0 aliphatic carbocycles. The number of hydrogen-bond acceptors (Lipinski definition) is 4. The Kier molecular flexibility index (Phi) is 2.72. The summed E-state index contributed by atoms with van der Waals surface area (Å²) in [6, 6.07) is 7.11. The zero-order valence-electron chi connectivity index (χ0n) is 9.29. The first kappa shape index (κ1) is 12.1. The lowest BCUT2D eigenvalue weighted by Gasteiger charge is -2.01. The van der Waals surface area contributed by atoms with E-state index in [1.807, 2.05) is 0 Å². The maximum Gasteiger partial charge on any atom is 0.345 e. The molecule has 2 heterocycles. The lowest BCUT2D eigenvalue weighted by Crippen LogP contribution is -2.09. The molecule has 3 rings (SSSR count). The van der Waals surface area contributed by atoms with Crippen LogP contribution in [0, 0.1) is 5.82 Å². The maximum atomic E-state index is 13.2. The fraction of sp³-hybridized carbons (Fsp3) is 0. The molecule has 7 heteroatoms. The summed E-state index contributed by atoms with van der Waals surface area (Å²) in [6.45, 7) is 0. The van der Waals surface area contributed by atoms with Crippen LogP contribution in [0.5, 0.6) is 0 Å². The van der Waals surface area contributed by atoms with Gasteiger partial charge in [0, 0.05) is 0 Å². The Morgan fingerprint density at radius 3 is 2.74 bits per heavy atom. The molecular formula is C12H6FNO3S2. The number of thiophene rings is 1. The van der Waals surface area contributed by atoms with Gasteiger partial charge in [0.2, 0.25) is 0 Å². The molecule has 2 aromatic heterocycles. The summed E-state index contributed by atoms with van der Waals surface area (Å²) in [5.74, 6) is -1.48. The molecule has 0 aliphatic rings. The Morgan fingerprint density at radius 1 is 1.26 bits per heavy atom. The summed E-state index contributed by atoms with van der Waals surface area (Å²) < 4.78 is 15.1. The third-order valence-corrected chi connectivity index (χ3v) is 4.67. The van der Waals surface area contributed by atoms with E-state index in [-0.39, 0.29) is 9.75 Å². The predicted molar refractivity (Wildman–Crippen MR) is 72.2 cm³/mol. The molecule has 0 fully saturated rings. The molecule has 1 aromatic carbocycles. The number of carboxylic acids is 1. The first-order valence-corrected chi connectivity index (χ1v) is 6.84. The molecule has 0 saturated heterocycles. The van der Waals surface area contributed by atoms with Crippen molar-refractivity contribution in [3.8, 4) is 5.69 Å². The van der Waals surface area contributed by atoms with Gasteiger partial charge in [-0.1, -0.05) is 17.4 Å². The summed E-state index contributed by atoms with van der Waals surface area (Å²) in [5, 5.41) is 8.95. The van der Waals surface area contributed by atoms with Crippen LogP contribution in [0.4, 0.5) is 4.39 Å². The van der Waals surface area contributed by atoms with Crippen LogP contribution in [0.2, 0.25) is 0 Å². The minimum atomic E-state index is -1.04. The smallest absolute Gasteiger partial charge is 0.345 e. The van der Waals surface area contributed by atoms with Crippen LogP contribution in [-0.4, -0.2) is 15.6 Å². The molecule has 0 spiro atoms. The molecule has 0 amide bonds. The predicted octanol–water partition coefficient (Wildman–Crippen LogP) is 2.95. The molecule has 4 nitrogen and oxygen atoms in total. The quantitative estimate of drug-likeness (QED) is 0.790. The van der Waals surface area contributed by atoms with Gasteiger partial charge in [-0.3, -0.25) is 9.36 Å². The standard InChI is InChI=1S/C12H6FNO3S2/c13-6-2-1-3-7(4-6)14-10-8(19-12(14)17)5-9(18-10)11(15)16/h1-5H,(H,15,16). The van der Waals surface area contributed by atoms with Gasteiger partial charge in [-0.25, -0.2) is 9.18 Å². The van der Waals surface area contributed by atoms with Gasteiger partial charge in [0.05, 0.1) is 10.4 Å². The molecule has 0 aliphatic heterocycles. The lowest BCUT2D eigenvalue weighted by molar-refractivity contribution is 0.0702. The summed E-state index contributed by atoms with van der Waals surface area (Å²) in [6.07, 6.45) is 0. The second kappa shape index (κ2) is 4.29. The number of carboxylic acid groups (broad SMARTS) is 1. The van der Waals surface area contributed by atoms with E-state index in [2.05, 4.69) is 0 Å². The Balaban J connectivity index is 2.30. The van der Waals surface area contributed by atoms with Gasteiger partial charge >= 0.3 is 10.8 Å². The fourth-order valence-corrected chi connectivity index (χ4v) is 3.88. The van der Waals surface area contributed by atoms with Crippen molar-refractivity contribution in [2.75, 3.05) is 0 Å². The molecule has 19 heavy (non-hydrogen) atoms. The van der Waals surface area contributed by atoms with Crippen molar-refractivity contribution in [3.63, 3.8) is 0 Å². The number of halogens is 1. The second-order valence-electron chi connectivity index (χ2n) is 3.77. The average molecular weight is 295 g/mol. The van der Waals surface area contributed by atoms with E-state index in [1.54, 1.807) is 6.07 Å². The Hall–Kier alpha value is -1.99. The average Bonchev–Trinajstić information content (AvgIpc) is 2.85. The molecule has 1 N–H and O–H groups in total. The molecule has 96 valence electrons. The van der Waals surface area contributed by atoms with Gasteiger partial charge in [-0.2, -0.15) is 0 Å². The third kappa shape index (κ3) is 1.96. The van der Waals surface area contributed by atoms with Crippen molar-refractivity contribution in [3.05, 3.63) is 50.7 Å². The summed E-state index contributed by atoms with van der Waals surface area (Å²) in [4.78, 5) is 23.3. The monoisotopic (exact) mass is 295 g/mol. The maximum absolute atomic E-state index is 13.2. The molecule has 3 aromatic rings. The van der Waals surface area contributed by atoms with Gasteiger partial charge in [0.25, 0.3) is 0 Å². The normalized spacial score (nSPS) is 11.0. The molecule has 0 unspecified atom stereocenters. The van der Waals surface area contributed by atoms with Gasteiger partial charge in [-0.05, 0) is 24.3 Å². The van der Waals surface area contributed by atoms with E-state index in [4.69, 9.17) is 5.11 Å². The number of benzene rings is 1. The van der Waals surface area contributed by atoms with E-state index in [9.17, 15) is 14.0 Å². The van der Waals surface area contributed by atoms with E-state index in [0.717, 1.165) is 22.7 Å². The van der Waals surface area contributed by atoms with E-state index >= 15 is 0 Å². The van der Waals surface area contributed by atoms with E-state index < -0.39 is 11.8 Å². The van der Waals surface area contributed by atoms with E-state index in [1.165, 1.54) is 28.8 Å². The zero-order chi connectivity index (χ0) is 13.6. The molecule has 0 radical (unpaired) electrons. The highest BCUT2D eigenvalue weighted by Gasteiger charge is 2.16. The summed E-state index contributed by atoms with van der Waals surface area (Å²) >= 11 is 1.95. The van der Waals surface area contributed by atoms with Crippen molar-refractivity contribution >= 4 is 38.2 Å². The highest BCUT2D eigenvalue weighted by molar-refractivity contribution is 7.27. The number of rotatable bonds is 2. The minimum absolute atomic E-state index is 0.159. The van der Waals surface area contributed by atoms with Crippen LogP contribution >= 0.6 is 22.7 Å². The van der Waals surface area contributed by atoms with Crippen LogP contribution in [0.15, 0.2) is 35.1 Å². The highest BCUT2D eigenvalue weighted by atomic mass is 32.1. The van der Waals surface area contributed by atoms with Crippen molar-refractivity contribution in [1.29, 1.82) is 0 Å². The number of nitrogens with zero attached hydrogens (tertiary/aromatic N) is 1. The van der Waals surface area contributed by atoms with Crippen LogP contribution in [0.1, 0.15) is 9.67 Å². The minimum Gasteiger partial charge on any atom is -0.477 e. The third-order valence-electron chi connectivity index (χ3n) is 2.54. The van der Waals surface area contributed by atoms with Crippen LogP contribution in [-0.2, 0) is 0 Å². The Bertz CT molecular complexity index is 846. The topological polar surface area (TPSA) is 59.3 Å². The second-order valence-corrected chi connectivity index (χ2v) is 5.79. The van der Waals surface area contributed by atoms with Gasteiger partial charge < -0.3 is 5.11 Å². The molecule has 0 saturated carbocycles. The Morgan fingerprint density at radius 2 is 2.05 bits per heavy atom. The Labute approximate surface area is 114 Å². The van der Waals surface area contributed by atoms with Crippen molar-refractivity contribution in [1.82, 2.24) is 4.57 Å².